The van der Waals surface area contributed by atoms with Crippen LogP contribution >= 0.6 is 0 Å². The van der Waals surface area contributed by atoms with Gasteiger partial charge in [0.15, 0.2) is 0 Å². The fraction of sp³-hybridized carbons (Fsp3) is 0.900. The van der Waals surface area contributed by atoms with E-state index in [0.29, 0.717) is 12.3 Å². The summed E-state index contributed by atoms with van der Waals surface area (Å²) in [6, 6.07) is 0. The summed E-state index contributed by atoms with van der Waals surface area (Å²) in [7, 11) is 0. The minimum absolute atomic E-state index is 0.0316. The summed E-state index contributed by atoms with van der Waals surface area (Å²) in [5.41, 5.74) is -0.0316. The lowest BCUT2D eigenvalue weighted by molar-refractivity contribution is -0.136. The van der Waals surface area contributed by atoms with Crippen LogP contribution in [0.15, 0.2) is 0 Å². The molecule has 0 aromatic carbocycles. The maximum absolute atomic E-state index is 11.7. The second-order valence-electron chi connectivity index (χ2n) is 4.57. The molecule has 0 unspecified atom stereocenters. The standard InChI is InChI=1S/C10H20N2O/c1-10(2,3)12-8-7-11-6-4-5-9(12)13/h11H,4-8H2,1-3H3. The van der Waals surface area contributed by atoms with Crippen LogP contribution in [0.5, 0.6) is 0 Å². The van der Waals surface area contributed by atoms with Gasteiger partial charge in [0.25, 0.3) is 0 Å². The minimum Gasteiger partial charge on any atom is -0.337 e. The van der Waals surface area contributed by atoms with Gasteiger partial charge in [-0.2, -0.15) is 0 Å². The van der Waals surface area contributed by atoms with Crippen molar-refractivity contribution in [2.75, 3.05) is 19.6 Å². The van der Waals surface area contributed by atoms with E-state index in [9.17, 15) is 4.79 Å². The Labute approximate surface area is 80.5 Å². The number of nitrogens with zero attached hydrogens (tertiary/aromatic N) is 1. The Morgan fingerprint density at radius 3 is 2.62 bits per heavy atom. The molecule has 0 spiro atoms. The summed E-state index contributed by atoms with van der Waals surface area (Å²) >= 11 is 0. The second-order valence-corrected chi connectivity index (χ2v) is 4.57. The van der Waals surface area contributed by atoms with Crippen LogP contribution < -0.4 is 5.32 Å². The van der Waals surface area contributed by atoms with Crippen LogP contribution in [0.1, 0.15) is 33.6 Å². The molecule has 0 aliphatic carbocycles. The second kappa shape index (κ2) is 4.09. The van der Waals surface area contributed by atoms with Crippen LogP contribution in [0.25, 0.3) is 0 Å². The van der Waals surface area contributed by atoms with Gasteiger partial charge in [0.1, 0.15) is 0 Å². The Bertz CT molecular complexity index is 184. The van der Waals surface area contributed by atoms with Gasteiger partial charge in [-0.25, -0.2) is 0 Å². The highest BCUT2D eigenvalue weighted by atomic mass is 16.2. The van der Waals surface area contributed by atoms with E-state index in [2.05, 4.69) is 26.1 Å². The third-order valence-corrected chi connectivity index (χ3v) is 2.37. The van der Waals surface area contributed by atoms with Gasteiger partial charge in [-0.1, -0.05) is 0 Å². The monoisotopic (exact) mass is 184 g/mol. The van der Waals surface area contributed by atoms with Crippen LogP contribution in [-0.4, -0.2) is 36.0 Å². The third kappa shape index (κ3) is 2.99. The molecule has 0 aromatic heterocycles. The number of carbonyl (C=O) groups excluding carboxylic acids is 1. The normalized spacial score (nSPS) is 21.2. The molecule has 3 heteroatoms. The molecule has 1 amide bonds. The molecule has 1 N–H and O–H groups in total. The zero-order valence-corrected chi connectivity index (χ0v) is 8.89. The molecule has 1 aliphatic rings. The smallest absolute Gasteiger partial charge is 0.223 e. The van der Waals surface area contributed by atoms with E-state index in [1.165, 1.54) is 0 Å². The molecule has 3 nitrogen and oxygen atoms in total. The molecule has 1 saturated heterocycles. The summed E-state index contributed by atoms with van der Waals surface area (Å²) in [5.74, 6) is 0.300. The number of amides is 1. The molecular formula is C10H20N2O. The predicted molar refractivity (Wildman–Crippen MR) is 53.6 cm³/mol. The third-order valence-electron chi connectivity index (χ3n) is 2.37. The number of rotatable bonds is 0. The first-order valence-electron chi connectivity index (χ1n) is 5.03. The van der Waals surface area contributed by atoms with Crippen molar-refractivity contribution >= 4 is 5.91 Å². The summed E-state index contributed by atoms with van der Waals surface area (Å²) in [6.07, 6.45) is 1.65. The molecule has 0 bridgehead atoms. The van der Waals surface area contributed by atoms with Gasteiger partial charge in [0.2, 0.25) is 5.91 Å². The Balaban J connectivity index is 2.62. The summed E-state index contributed by atoms with van der Waals surface area (Å²) in [5, 5.41) is 3.32. The molecule has 1 fully saturated rings. The SMILES string of the molecule is CC(C)(C)N1CCNCCCC1=O. The van der Waals surface area contributed by atoms with Gasteiger partial charge in [0.05, 0.1) is 0 Å². The zero-order chi connectivity index (χ0) is 9.90. The van der Waals surface area contributed by atoms with E-state index >= 15 is 0 Å². The molecule has 0 aromatic rings. The summed E-state index contributed by atoms with van der Waals surface area (Å²) in [6.45, 7) is 9.00. The maximum Gasteiger partial charge on any atom is 0.223 e. The molecule has 76 valence electrons. The molecule has 13 heavy (non-hydrogen) atoms. The van der Waals surface area contributed by atoms with E-state index in [1.807, 2.05) is 4.90 Å². The first-order chi connectivity index (χ1) is 6.02. The van der Waals surface area contributed by atoms with Crippen LogP contribution in [0.3, 0.4) is 0 Å². The largest absolute Gasteiger partial charge is 0.337 e. The average Bonchev–Trinajstić information content (AvgIpc) is 1.94. The molecule has 0 atom stereocenters. The highest BCUT2D eigenvalue weighted by molar-refractivity contribution is 5.77. The van der Waals surface area contributed by atoms with Crippen molar-refractivity contribution in [3.63, 3.8) is 0 Å². The molecule has 1 rings (SSSR count). The quantitative estimate of drug-likeness (QED) is 0.609. The van der Waals surface area contributed by atoms with E-state index in [0.717, 1.165) is 26.1 Å². The molecule has 1 heterocycles. The van der Waals surface area contributed by atoms with Gasteiger partial charge in [-0.15, -0.1) is 0 Å². The number of hydrogen-bond donors (Lipinski definition) is 1. The Hall–Kier alpha value is -0.570. The lowest BCUT2D eigenvalue weighted by Crippen LogP contribution is -2.49. The van der Waals surface area contributed by atoms with Crippen molar-refractivity contribution in [1.82, 2.24) is 10.2 Å². The Kier molecular flexibility index (Phi) is 3.31. The summed E-state index contributed by atoms with van der Waals surface area (Å²) in [4.78, 5) is 13.7. The molecule has 0 radical (unpaired) electrons. The lowest BCUT2D eigenvalue weighted by Gasteiger charge is -2.37. The Morgan fingerprint density at radius 2 is 2.00 bits per heavy atom. The highest BCUT2D eigenvalue weighted by Gasteiger charge is 2.25. The minimum atomic E-state index is -0.0316. The molecular weight excluding hydrogens is 164 g/mol. The van der Waals surface area contributed by atoms with Crippen LogP contribution in [-0.2, 0) is 4.79 Å². The Morgan fingerprint density at radius 1 is 1.31 bits per heavy atom. The molecule has 0 saturated carbocycles. The van der Waals surface area contributed by atoms with Crippen molar-refractivity contribution in [2.45, 2.75) is 39.2 Å². The van der Waals surface area contributed by atoms with Gasteiger partial charge in [-0.3, -0.25) is 4.79 Å². The van der Waals surface area contributed by atoms with Crippen molar-refractivity contribution < 1.29 is 4.79 Å². The number of nitrogens with one attached hydrogen (secondary N) is 1. The van der Waals surface area contributed by atoms with Gasteiger partial charge in [0, 0.05) is 25.0 Å². The first kappa shape index (κ1) is 10.5. The number of carbonyl (C=O) groups is 1. The molecule has 1 aliphatic heterocycles. The lowest BCUT2D eigenvalue weighted by atomic mass is 10.0. The summed E-state index contributed by atoms with van der Waals surface area (Å²) < 4.78 is 0. The first-order valence-corrected chi connectivity index (χ1v) is 5.03. The fourth-order valence-electron chi connectivity index (χ4n) is 1.65. The maximum atomic E-state index is 11.7. The highest BCUT2D eigenvalue weighted by Crippen LogP contribution is 2.15. The van der Waals surface area contributed by atoms with Crippen molar-refractivity contribution in [3.05, 3.63) is 0 Å². The van der Waals surface area contributed by atoms with Crippen molar-refractivity contribution in [3.8, 4) is 0 Å². The van der Waals surface area contributed by atoms with Gasteiger partial charge >= 0.3 is 0 Å². The van der Waals surface area contributed by atoms with Crippen LogP contribution in [0.4, 0.5) is 0 Å². The fourth-order valence-corrected chi connectivity index (χ4v) is 1.65. The van der Waals surface area contributed by atoms with E-state index in [-0.39, 0.29) is 5.54 Å². The van der Waals surface area contributed by atoms with Crippen molar-refractivity contribution in [2.24, 2.45) is 0 Å². The van der Waals surface area contributed by atoms with Gasteiger partial charge in [-0.05, 0) is 33.7 Å². The van der Waals surface area contributed by atoms with Crippen LogP contribution in [0, 0.1) is 0 Å². The average molecular weight is 184 g/mol. The number of hydrogen-bond acceptors (Lipinski definition) is 2. The van der Waals surface area contributed by atoms with E-state index < -0.39 is 0 Å². The topological polar surface area (TPSA) is 32.3 Å². The van der Waals surface area contributed by atoms with Crippen LogP contribution in [0.2, 0.25) is 0 Å². The van der Waals surface area contributed by atoms with Crippen molar-refractivity contribution in [1.29, 1.82) is 0 Å². The van der Waals surface area contributed by atoms with E-state index in [4.69, 9.17) is 0 Å². The zero-order valence-electron chi connectivity index (χ0n) is 8.89. The van der Waals surface area contributed by atoms with Gasteiger partial charge < -0.3 is 10.2 Å². The predicted octanol–water partition coefficient (Wildman–Crippen LogP) is 0.997. The van der Waals surface area contributed by atoms with E-state index in [1.54, 1.807) is 0 Å².